The summed E-state index contributed by atoms with van der Waals surface area (Å²) in [6.07, 6.45) is 1.25. The van der Waals surface area contributed by atoms with Crippen molar-refractivity contribution in [2.24, 2.45) is 5.84 Å². The number of rotatable bonds is 3. The minimum Gasteiger partial charge on any atom is -0.376 e. The lowest BCUT2D eigenvalue weighted by Crippen LogP contribution is -2.37. The van der Waals surface area contributed by atoms with Crippen molar-refractivity contribution < 1.29 is 4.74 Å². The van der Waals surface area contributed by atoms with Crippen molar-refractivity contribution in [1.29, 1.82) is 0 Å². The van der Waals surface area contributed by atoms with E-state index in [1.807, 2.05) is 20.0 Å². The highest BCUT2D eigenvalue weighted by molar-refractivity contribution is 5.45. The molecule has 0 saturated carbocycles. The van der Waals surface area contributed by atoms with Crippen LogP contribution in [0, 0.1) is 6.92 Å². The second-order valence-corrected chi connectivity index (χ2v) is 4.38. The highest BCUT2D eigenvalue weighted by atomic mass is 16.5. The molecular weight excluding hydrogens is 218 g/mol. The summed E-state index contributed by atoms with van der Waals surface area (Å²) in [5.74, 6) is 6.66. The summed E-state index contributed by atoms with van der Waals surface area (Å²) in [7, 11) is 2.03. The molecule has 17 heavy (non-hydrogen) atoms. The average Bonchev–Trinajstić information content (AvgIpc) is 2.73. The molecule has 0 aliphatic carbocycles. The molecular formula is C11H19N5O. The summed E-state index contributed by atoms with van der Waals surface area (Å²) in [4.78, 5) is 10.7. The molecule has 1 saturated heterocycles. The van der Waals surface area contributed by atoms with Crippen LogP contribution in [0.15, 0.2) is 6.07 Å². The van der Waals surface area contributed by atoms with Gasteiger partial charge in [0.15, 0.2) is 0 Å². The van der Waals surface area contributed by atoms with E-state index in [-0.39, 0.29) is 6.10 Å². The number of nitrogens with zero attached hydrogens (tertiary/aromatic N) is 3. The van der Waals surface area contributed by atoms with Gasteiger partial charge in [-0.2, -0.15) is 4.98 Å². The van der Waals surface area contributed by atoms with Crippen molar-refractivity contribution >= 4 is 11.8 Å². The molecule has 2 rings (SSSR count). The number of nitrogens with two attached hydrogens (primary N) is 1. The fraction of sp³-hybridized carbons (Fsp3) is 0.636. The molecule has 0 spiro atoms. The van der Waals surface area contributed by atoms with E-state index in [1.54, 1.807) is 0 Å². The second kappa shape index (κ2) is 4.85. The number of likely N-dealkylation sites (N-methyl/N-ethyl adjacent to an activating group) is 1. The van der Waals surface area contributed by atoms with E-state index in [2.05, 4.69) is 27.2 Å². The second-order valence-electron chi connectivity index (χ2n) is 4.38. The summed E-state index contributed by atoms with van der Waals surface area (Å²) < 4.78 is 5.57. The van der Waals surface area contributed by atoms with Crippen LogP contribution >= 0.6 is 0 Å². The maximum Gasteiger partial charge on any atom is 0.239 e. The largest absolute Gasteiger partial charge is 0.376 e. The van der Waals surface area contributed by atoms with Crippen LogP contribution in [0.4, 0.5) is 11.8 Å². The highest BCUT2D eigenvalue weighted by Crippen LogP contribution is 2.23. The SMILES string of the molecule is Cc1cc(N(C)C2CCOC2C)nc(NN)n1. The Kier molecular flexibility index (Phi) is 3.44. The molecule has 3 N–H and O–H groups in total. The van der Waals surface area contributed by atoms with Crippen LogP contribution in [0.5, 0.6) is 0 Å². The predicted molar refractivity (Wildman–Crippen MR) is 66.8 cm³/mol. The topological polar surface area (TPSA) is 76.3 Å². The number of aryl methyl sites for hydroxylation is 1. The average molecular weight is 237 g/mol. The van der Waals surface area contributed by atoms with E-state index in [4.69, 9.17) is 10.6 Å². The van der Waals surface area contributed by atoms with Crippen LogP contribution in [0.25, 0.3) is 0 Å². The summed E-state index contributed by atoms with van der Waals surface area (Å²) in [5, 5.41) is 0. The lowest BCUT2D eigenvalue weighted by molar-refractivity contribution is 0.118. The minimum atomic E-state index is 0.226. The Labute approximate surface area is 101 Å². The first-order valence-electron chi connectivity index (χ1n) is 5.78. The molecule has 0 bridgehead atoms. The zero-order chi connectivity index (χ0) is 12.4. The van der Waals surface area contributed by atoms with Gasteiger partial charge in [-0.05, 0) is 20.3 Å². The van der Waals surface area contributed by atoms with Crippen molar-refractivity contribution in [2.75, 3.05) is 24.0 Å². The summed E-state index contributed by atoms with van der Waals surface area (Å²) in [5.41, 5.74) is 3.37. The molecule has 2 unspecified atom stereocenters. The maximum atomic E-state index is 5.57. The van der Waals surface area contributed by atoms with Gasteiger partial charge >= 0.3 is 0 Å². The van der Waals surface area contributed by atoms with Crippen LogP contribution in [0.3, 0.4) is 0 Å². The van der Waals surface area contributed by atoms with Gasteiger partial charge in [0.05, 0.1) is 12.1 Å². The van der Waals surface area contributed by atoms with Crippen molar-refractivity contribution in [2.45, 2.75) is 32.4 Å². The Morgan fingerprint density at radius 3 is 2.88 bits per heavy atom. The first kappa shape index (κ1) is 12.1. The molecule has 2 atom stereocenters. The third kappa shape index (κ3) is 2.48. The molecule has 1 aromatic rings. The van der Waals surface area contributed by atoms with Gasteiger partial charge < -0.3 is 9.64 Å². The van der Waals surface area contributed by atoms with Gasteiger partial charge in [-0.15, -0.1) is 0 Å². The number of anilines is 2. The molecule has 0 aromatic carbocycles. The minimum absolute atomic E-state index is 0.226. The van der Waals surface area contributed by atoms with Gasteiger partial charge in [0.25, 0.3) is 0 Å². The Morgan fingerprint density at radius 2 is 2.29 bits per heavy atom. The molecule has 1 aliphatic heterocycles. The molecule has 94 valence electrons. The van der Waals surface area contributed by atoms with Crippen LogP contribution in [-0.4, -0.2) is 35.8 Å². The van der Waals surface area contributed by atoms with Gasteiger partial charge in [0.1, 0.15) is 5.82 Å². The number of hydrogen-bond donors (Lipinski definition) is 2. The molecule has 2 heterocycles. The summed E-state index contributed by atoms with van der Waals surface area (Å²) >= 11 is 0. The lowest BCUT2D eigenvalue weighted by Gasteiger charge is -2.28. The van der Waals surface area contributed by atoms with Crippen LogP contribution in [-0.2, 0) is 4.74 Å². The van der Waals surface area contributed by atoms with Crippen LogP contribution in [0.2, 0.25) is 0 Å². The standard InChI is InChI=1S/C11H19N5O/c1-7-6-10(14-11(13-7)15-12)16(3)9-4-5-17-8(9)2/h6,8-9H,4-5,12H2,1-3H3,(H,13,14,15). The molecule has 1 aliphatic rings. The van der Waals surface area contributed by atoms with E-state index in [0.29, 0.717) is 12.0 Å². The predicted octanol–water partition coefficient (Wildman–Crippen LogP) is 0.684. The first-order valence-corrected chi connectivity index (χ1v) is 5.78. The number of nitrogen functional groups attached to an aromatic ring is 1. The molecule has 6 nitrogen and oxygen atoms in total. The summed E-state index contributed by atoms with van der Waals surface area (Å²) in [6, 6.07) is 2.31. The highest BCUT2D eigenvalue weighted by Gasteiger charge is 2.28. The van der Waals surface area contributed by atoms with Crippen molar-refractivity contribution in [3.8, 4) is 0 Å². The zero-order valence-corrected chi connectivity index (χ0v) is 10.5. The molecule has 0 amide bonds. The zero-order valence-electron chi connectivity index (χ0n) is 10.5. The Hall–Kier alpha value is -1.40. The fourth-order valence-corrected chi connectivity index (χ4v) is 2.20. The number of ether oxygens (including phenoxy) is 1. The lowest BCUT2D eigenvalue weighted by atomic mass is 10.1. The summed E-state index contributed by atoms with van der Waals surface area (Å²) in [6.45, 7) is 4.82. The van der Waals surface area contributed by atoms with Crippen molar-refractivity contribution in [3.63, 3.8) is 0 Å². The Bertz CT molecular complexity index is 397. The first-order chi connectivity index (χ1) is 8.11. The Morgan fingerprint density at radius 1 is 1.53 bits per heavy atom. The molecule has 0 radical (unpaired) electrons. The normalized spacial score (nSPS) is 23.8. The number of hydrazine groups is 1. The quantitative estimate of drug-likeness (QED) is 0.595. The smallest absolute Gasteiger partial charge is 0.239 e. The fourth-order valence-electron chi connectivity index (χ4n) is 2.20. The van der Waals surface area contributed by atoms with Gasteiger partial charge in [-0.3, -0.25) is 5.43 Å². The van der Waals surface area contributed by atoms with E-state index in [0.717, 1.165) is 24.5 Å². The third-order valence-corrected chi connectivity index (χ3v) is 3.16. The van der Waals surface area contributed by atoms with Crippen molar-refractivity contribution in [3.05, 3.63) is 11.8 Å². The number of aromatic nitrogens is 2. The van der Waals surface area contributed by atoms with Crippen molar-refractivity contribution in [1.82, 2.24) is 9.97 Å². The number of nitrogens with one attached hydrogen (secondary N) is 1. The van der Waals surface area contributed by atoms with E-state index >= 15 is 0 Å². The maximum absolute atomic E-state index is 5.57. The van der Waals surface area contributed by atoms with E-state index in [9.17, 15) is 0 Å². The van der Waals surface area contributed by atoms with E-state index in [1.165, 1.54) is 0 Å². The van der Waals surface area contributed by atoms with Gasteiger partial charge in [0.2, 0.25) is 5.95 Å². The van der Waals surface area contributed by atoms with Crippen LogP contribution in [0.1, 0.15) is 19.0 Å². The number of hydrogen-bond acceptors (Lipinski definition) is 6. The van der Waals surface area contributed by atoms with Gasteiger partial charge in [-0.25, -0.2) is 10.8 Å². The van der Waals surface area contributed by atoms with Gasteiger partial charge in [-0.1, -0.05) is 0 Å². The van der Waals surface area contributed by atoms with Gasteiger partial charge in [0, 0.05) is 25.4 Å². The van der Waals surface area contributed by atoms with E-state index < -0.39 is 0 Å². The molecule has 1 fully saturated rings. The Balaban J connectivity index is 2.23. The molecule has 6 heteroatoms. The third-order valence-electron chi connectivity index (χ3n) is 3.16. The molecule has 1 aromatic heterocycles. The monoisotopic (exact) mass is 237 g/mol. The van der Waals surface area contributed by atoms with Crippen LogP contribution < -0.4 is 16.2 Å².